The monoisotopic (exact) mass is 85.1 g/mol. The van der Waals surface area contributed by atoms with E-state index in [0.29, 0.717) is 0 Å². The summed E-state index contributed by atoms with van der Waals surface area (Å²) < 4.78 is 0. The van der Waals surface area contributed by atoms with Gasteiger partial charge in [-0.15, -0.1) is 5.11 Å². The van der Waals surface area contributed by atoms with E-state index in [-0.39, 0.29) is 5.82 Å². The molecule has 0 amide bonds. The molecular weight excluding hydrogens is 78.1 g/mol. The van der Waals surface area contributed by atoms with Crippen LogP contribution in [0.3, 0.4) is 0 Å². The third-order valence-electron chi connectivity index (χ3n) is 0.228. The molecule has 6 heavy (non-hydrogen) atoms. The topological polar surface area (TPSA) is 50.7 Å². The van der Waals surface area contributed by atoms with Crippen LogP contribution in [0.1, 0.15) is 0 Å². The molecule has 0 aliphatic heterocycles. The highest BCUT2D eigenvalue weighted by molar-refractivity contribution is 4.78. The molecule has 0 atom stereocenters. The quantitative estimate of drug-likeness (QED) is 0.463. The zero-order valence-corrected chi connectivity index (χ0v) is 3.68. The lowest BCUT2D eigenvalue weighted by molar-refractivity contribution is 1.07. The highest BCUT2D eigenvalue weighted by atomic mass is 15.1. The molecule has 0 bridgehead atoms. The summed E-state index contributed by atoms with van der Waals surface area (Å²) in [5.41, 5.74) is 4.95. The van der Waals surface area contributed by atoms with Gasteiger partial charge in [-0.1, -0.05) is 6.58 Å². The maximum absolute atomic E-state index is 4.95. The zero-order valence-electron chi connectivity index (χ0n) is 3.68. The molecule has 0 aromatic heterocycles. The molecule has 3 nitrogen and oxygen atoms in total. The Kier molecular flexibility index (Phi) is 2.04. The van der Waals surface area contributed by atoms with Gasteiger partial charge in [0, 0.05) is 7.05 Å². The summed E-state index contributed by atoms with van der Waals surface area (Å²) in [6, 6.07) is 0. The average molecular weight is 85.1 g/mol. The van der Waals surface area contributed by atoms with Crippen LogP contribution in [0.15, 0.2) is 22.6 Å². The SMILES string of the molecule is C=C(N)N=NC. The molecule has 0 spiro atoms. The Morgan fingerprint density at radius 1 is 1.83 bits per heavy atom. The van der Waals surface area contributed by atoms with Crippen molar-refractivity contribution in [1.29, 1.82) is 0 Å². The van der Waals surface area contributed by atoms with Gasteiger partial charge in [0.25, 0.3) is 0 Å². The molecule has 0 saturated heterocycles. The number of rotatable bonds is 1. The minimum atomic E-state index is 0.248. The minimum Gasteiger partial charge on any atom is -0.383 e. The minimum absolute atomic E-state index is 0.248. The van der Waals surface area contributed by atoms with Crippen LogP contribution in [0.2, 0.25) is 0 Å². The highest BCUT2D eigenvalue weighted by Gasteiger charge is 1.65. The third kappa shape index (κ3) is 3.14. The molecule has 3 heteroatoms. The van der Waals surface area contributed by atoms with E-state index in [0.717, 1.165) is 0 Å². The van der Waals surface area contributed by atoms with Crippen LogP contribution < -0.4 is 5.73 Å². The van der Waals surface area contributed by atoms with Crippen molar-refractivity contribution < 1.29 is 0 Å². The van der Waals surface area contributed by atoms with Crippen molar-refractivity contribution in [2.45, 2.75) is 0 Å². The van der Waals surface area contributed by atoms with Crippen LogP contribution in [0.5, 0.6) is 0 Å². The van der Waals surface area contributed by atoms with Crippen LogP contribution in [0.25, 0.3) is 0 Å². The Bertz CT molecular complexity index is 74.1. The second-order valence-corrected chi connectivity index (χ2v) is 0.791. The molecule has 0 unspecified atom stereocenters. The second-order valence-electron chi connectivity index (χ2n) is 0.791. The lowest BCUT2D eigenvalue weighted by Gasteiger charge is -1.76. The molecule has 0 rings (SSSR count). The van der Waals surface area contributed by atoms with Crippen molar-refractivity contribution in [2.24, 2.45) is 16.0 Å². The number of nitrogens with two attached hydrogens (primary N) is 1. The Labute approximate surface area is 36.6 Å². The van der Waals surface area contributed by atoms with E-state index in [1.807, 2.05) is 0 Å². The zero-order chi connectivity index (χ0) is 4.99. The van der Waals surface area contributed by atoms with Gasteiger partial charge in [-0.25, -0.2) is 0 Å². The summed E-state index contributed by atoms with van der Waals surface area (Å²) in [6.07, 6.45) is 0. The van der Waals surface area contributed by atoms with Crippen molar-refractivity contribution >= 4 is 0 Å². The Balaban J connectivity index is 3.30. The summed E-state index contributed by atoms with van der Waals surface area (Å²) in [6.45, 7) is 3.26. The standard InChI is InChI=1S/C3H7N3/c1-3(4)6-5-2/h1,4H2,2H3. The molecule has 0 fully saturated rings. The first-order chi connectivity index (χ1) is 2.77. The fraction of sp³-hybridized carbons (Fsp3) is 0.333. The third-order valence-corrected chi connectivity index (χ3v) is 0.228. The lowest BCUT2D eigenvalue weighted by Crippen LogP contribution is -1.86. The fourth-order valence-electron chi connectivity index (χ4n) is 0.128. The van der Waals surface area contributed by atoms with Crippen molar-refractivity contribution in [1.82, 2.24) is 0 Å². The van der Waals surface area contributed by atoms with E-state index in [1.54, 1.807) is 0 Å². The van der Waals surface area contributed by atoms with E-state index >= 15 is 0 Å². The van der Waals surface area contributed by atoms with Gasteiger partial charge in [-0.3, -0.25) is 0 Å². The molecular formula is C3H7N3. The van der Waals surface area contributed by atoms with Gasteiger partial charge in [0.2, 0.25) is 0 Å². The Morgan fingerprint density at radius 2 is 2.33 bits per heavy atom. The molecule has 0 radical (unpaired) electrons. The Morgan fingerprint density at radius 3 is 2.33 bits per heavy atom. The smallest absolute Gasteiger partial charge is 0.138 e. The maximum Gasteiger partial charge on any atom is 0.138 e. The van der Waals surface area contributed by atoms with Gasteiger partial charge in [-0.2, -0.15) is 5.11 Å². The molecule has 0 aromatic carbocycles. The number of nitrogens with zero attached hydrogens (tertiary/aromatic N) is 2. The summed E-state index contributed by atoms with van der Waals surface area (Å²) in [5.74, 6) is 0.248. The van der Waals surface area contributed by atoms with E-state index in [4.69, 9.17) is 5.73 Å². The molecule has 0 heterocycles. The van der Waals surface area contributed by atoms with Gasteiger partial charge in [0.05, 0.1) is 0 Å². The summed E-state index contributed by atoms with van der Waals surface area (Å²) in [4.78, 5) is 0. The molecule has 0 aromatic rings. The first-order valence-corrected chi connectivity index (χ1v) is 1.51. The predicted octanol–water partition coefficient (Wildman–Crippen LogP) is 0.498. The fourth-order valence-corrected chi connectivity index (χ4v) is 0.128. The first-order valence-electron chi connectivity index (χ1n) is 1.51. The van der Waals surface area contributed by atoms with E-state index in [1.165, 1.54) is 7.05 Å². The van der Waals surface area contributed by atoms with Crippen LogP contribution in [0.4, 0.5) is 0 Å². The molecule has 0 aliphatic carbocycles. The largest absolute Gasteiger partial charge is 0.383 e. The normalized spacial score (nSPS) is 9.50. The van der Waals surface area contributed by atoms with Gasteiger partial charge < -0.3 is 5.73 Å². The molecule has 34 valence electrons. The summed E-state index contributed by atoms with van der Waals surface area (Å²) in [5, 5.41) is 6.67. The van der Waals surface area contributed by atoms with Gasteiger partial charge in [0.15, 0.2) is 0 Å². The van der Waals surface area contributed by atoms with Crippen LogP contribution in [-0.4, -0.2) is 7.05 Å². The lowest BCUT2D eigenvalue weighted by atomic mass is 10.9. The van der Waals surface area contributed by atoms with Gasteiger partial charge >= 0.3 is 0 Å². The van der Waals surface area contributed by atoms with Crippen molar-refractivity contribution in [3.63, 3.8) is 0 Å². The number of azo groups is 1. The van der Waals surface area contributed by atoms with Crippen molar-refractivity contribution in [3.05, 3.63) is 12.4 Å². The van der Waals surface area contributed by atoms with E-state index < -0.39 is 0 Å². The average Bonchev–Trinajstić information content (AvgIpc) is 1.35. The molecule has 2 N–H and O–H groups in total. The van der Waals surface area contributed by atoms with E-state index in [2.05, 4.69) is 16.8 Å². The predicted molar refractivity (Wildman–Crippen MR) is 24.1 cm³/mol. The van der Waals surface area contributed by atoms with Gasteiger partial charge in [0.1, 0.15) is 5.82 Å². The van der Waals surface area contributed by atoms with Crippen LogP contribution >= 0.6 is 0 Å². The van der Waals surface area contributed by atoms with Crippen LogP contribution in [-0.2, 0) is 0 Å². The summed E-state index contributed by atoms with van der Waals surface area (Å²) >= 11 is 0. The second kappa shape index (κ2) is 2.38. The first kappa shape index (κ1) is 5.14. The number of hydrogen-bond donors (Lipinski definition) is 1. The van der Waals surface area contributed by atoms with Crippen LogP contribution in [0, 0.1) is 0 Å². The number of hydrogen-bond acceptors (Lipinski definition) is 3. The molecule has 0 saturated carbocycles. The Hall–Kier alpha value is -0.860. The molecule has 0 aliphatic rings. The van der Waals surface area contributed by atoms with Crippen molar-refractivity contribution in [3.8, 4) is 0 Å². The maximum atomic E-state index is 4.95. The highest BCUT2D eigenvalue weighted by Crippen LogP contribution is 1.75. The summed E-state index contributed by atoms with van der Waals surface area (Å²) in [7, 11) is 1.54. The van der Waals surface area contributed by atoms with Gasteiger partial charge in [-0.05, 0) is 0 Å². The van der Waals surface area contributed by atoms with Crippen molar-refractivity contribution in [2.75, 3.05) is 7.05 Å². The van der Waals surface area contributed by atoms with E-state index in [9.17, 15) is 0 Å².